The molecule has 0 saturated carbocycles. The van der Waals surface area contributed by atoms with Crippen molar-refractivity contribution in [1.82, 2.24) is 19.9 Å². The molecule has 0 spiro atoms. The summed E-state index contributed by atoms with van der Waals surface area (Å²) >= 11 is 0. The molecule has 6 nitrogen and oxygen atoms in total. The first-order chi connectivity index (χ1) is 5.42. The summed E-state index contributed by atoms with van der Waals surface area (Å²) in [5.41, 5.74) is 1.59. The highest BCUT2D eigenvalue weighted by molar-refractivity contribution is 5.47. The molecule has 0 radical (unpaired) electrons. The lowest BCUT2D eigenvalue weighted by atomic mass is 10.4. The third-order valence-electron chi connectivity index (χ3n) is 1.45. The molecule has 0 fully saturated rings. The van der Waals surface area contributed by atoms with Crippen LogP contribution in [0.5, 0.6) is 0 Å². The van der Waals surface area contributed by atoms with Gasteiger partial charge in [0.25, 0.3) is 5.62 Å². The number of nitrogens with zero attached hydrogens (tertiary/aromatic N) is 5. The van der Waals surface area contributed by atoms with Crippen LogP contribution in [0.15, 0.2) is 16.4 Å². The summed E-state index contributed by atoms with van der Waals surface area (Å²) in [6, 6.07) is 0. The lowest BCUT2D eigenvalue weighted by Crippen LogP contribution is -2.13. The zero-order valence-corrected chi connectivity index (χ0v) is 5.31. The minimum Gasteiger partial charge on any atom is -0.305 e. The number of imidazole rings is 1. The third-order valence-corrected chi connectivity index (χ3v) is 1.45. The fourth-order valence-electron chi connectivity index (χ4n) is 0.973. The Balaban J connectivity index is 2.77. The molecule has 52 valence electrons. The maximum atomic E-state index is 4.02. The molecule has 3 aliphatic heterocycles. The highest BCUT2D eigenvalue weighted by Gasteiger charge is 2.09. The lowest BCUT2D eigenvalue weighted by Gasteiger charge is -1.91. The van der Waals surface area contributed by atoms with Crippen molar-refractivity contribution < 1.29 is 0 Å². The fraction of sp³-hybridized carbons (Fsp3) is 0. The van der Waals surface area contributed by atoms with E-state index in [1.54, 1.807) is 6.20 Å². The smallest absolute Gasteiger partial charge is 0.271 e. The van der Waals surface area contributed by atoms with Crippen molar-refractivity contribution in [3.63, 3.8) is 0 Å². The molecule has 11 heavy (non-hydrogen) atoms. The van der Waals surface area contributed by atoms with Gasteiger partial charge in [0, 0.05) is 0 Å². The first-order valence-electron chi connectivity index (χ1n) is 3.06. The van der Waals surface area contributed by atoms with E-state index < -0.39 is 0 Å². The van der Waals surface area contributed by atoms with Crippen molar-refractivity contribution in [2.75, 3.05) is 0 Å². The van der Waals surface area contributed by atoms with Gasteiger partial charge in [-0.15, -0.1) is 10.2 Å². The Kier molecular flexibility index (Phi) is 0.630. The van der Waals surface area contributed by atoms with E-state index in [-0.39, 0.29) is 0 Å². The van der Waals surface area contributed by atoms with Crippen LogP contribution in [0.2, 0.25) is 0 Å². The molecule has 3 bridgehead atoms. The highest BCUT2D eigenvalue weighted by Crippen LogP contribution is 2.05. The Labute approximate surface area is 60.1 Å². The topological polar surface area (TPSA) is 79.2 Å². The van der Waals surface area contributed by atoms with Gasteiger partial charge in [-0.25, -0.2) is 9.97 Å². The summed E-state index contributed by atoms with van der Waals surface area (Å²) in [5.74, 6) is 0.690. The number of aromatic nitrogens is 4. The van der Waals surface area contributed by atoms with Gasteiger partial charge in [-0.2, -0.15) is 4.98 Å². The van der Waals surface area contributed by atoms with Crippen LogP contribution in [0, 0.1) is 0 Å². The SMILES string of the molecule is c1nc2[nH]c3nc(nc1-3)=NN=2. The second-order valence-corrected chi connectivity index (χ2v) is 2.16. The summed E-state index contributed by atoms with van der Waals surface area (Å²) in [6.07, 6.45) is 1.62. The van der Waals surface area contributed by atoms with Crippen LogP contribution in [0.1, 0.15) is 0 Å². The number of hydrogen-bond acceptors (Lipinski definition) is 5. The lowest BCUT2D eigenvalue weighted by molar-refractivity contribution is 0.904. The maximum absolute atomic E-state index is 4.02. The molecule has 6 heteroatoms. The van der Waals surface area contributed by atoms with Gasteiger partial charge in [-0.3, -0.25) is 0 Å². The Bertz CT molecular complexity index is 484. The van der Waals surface area contributed by atoms with Gasteiger partial charge in [0.15, 0.2) is 5.82 Å². The Hall–Kier alpha value is -1.85. The Morgan fingerprint density at radius 2 is 2.18 bits per heavy atom. The summed E-state index contributed by atoms with van der Waals surface area (Å²) in [4.78, 5) is 14.8. The van der Waals surface area contributed by atoms with Crippen LogP contribution >= 0.6 is 0 Å². The molecule has 0 aliphatic carbocycles. The van der Waals surface area contributed by atoms with E-state index in [1.807, 2.05) is 0 Å². The minimum absolute atomic E-state index is 0.392. The molecule has 3 aliphatic rings. The van der Waals surface area contributed by atoms with Crippen molar-refractivity contribution >= 4 is 0 Å². The zero-order valence-electron chi connectivity index (χ0n) is 5.31. The van der Waals surface area contributed by atoms with Crippen LogP contribution < -0.4 is 11.2 Å². The fourth-order valence-corrected chi connectivity index (χ4v) is 0.973. The molecule has 1 N–H and O–H groups in total. The van der Waals surface area contributed by atoms with Gasteiger partial charge < -0.3 is 4.98 Å². The summed E-state index contributed by atoms with van der Waals surface area (Å²) in [7, 11) is 0. The quantitative estimate of drug-likeness (QED) is 0.489. The predicted molar refractivity (Wildman–Crippen MR) is 33.1 cm³/mol. The van der Waals surface area contributed by atoms with E-state index in [4.69, 9.17) is 0 Å². The second-order valence-electron chi connectivity index (χ2n) is 2.16. The second kappa shape index (κ2) is 1.42. The number of H-pyrrole nitrogens is 1. The Morgan fingerprint density at radius 3 is 3.18 bits per heavy atom. The largest absolute Gasteiger partial charge is 0.305 e. The van der Waals surface area contributed by atoms with Gasteiger partial charge in [0.2, 0.25) is 5.62 Å². The van der Waals surface area contributed by atoms with Gasteiger partial charge in [-0.1, -0.05) is 0 Å². The van der Waals surface area contributed by atoms with Crippen molar-refractivity contribution in [2.45, 2.75) is 0 Å². The van der Waals surface area contributed by atoms with Crippen molar-refractivity contribution in [3.05, 3.63) is 17.4 Å². The van der Waals surface area contributed by atoms with Crippen molar-refractivity contribution in [2.24, 2.45) is 10.2 Å². The van der Waals surface area contributed by atoms with Crippen molar-refractivity contribution in [3.8, 4) is 11.5 Å². The number of aromatic amines is 1. The number of nitrogens with one attached hydrogen (secondary N) is 1. The van der Waals surface area contributed by atoms with Crippen LogP contribution in [0.25, 0.3) is 11.5 Å². The average Bonchev–Trinajstić information content (AvgIpc) is 2.29. The monoisotopic (exact) mass is 146 g/mol. The summed E-state index contributed by atoms with van der Waals surface area (Å²) < 4.78 is 0. The molecule has 0 saturated heterocycles. The van der Waals surface area contributed by atoms with E-state index in [0.717, 1.165) is 5.69 Å². The van der Waals surface area contributed by atoms with Crippen LogP contribution in [-0.4, -0.2) is 19.9 Å². The maximum Gasteiger partial charge on any atom is 0.271 e. The molecule has 0 aromatic rings. The van der Waals surface area contributed by atoms with E-state index in [1.165, 1.54) is 0 Å². The molecule has 0 atom stereocenters. The van der Waals surface area contributed by atoms with Crippen LogP contribution in [0.4, 0.5) is 0 Å². The van der Waals surface area contributed by atoms with E-state index in [2.05, 4.69) is 30.1 Å². The molecule has 0 aromatic carbocycles. The van der Waals surface area contributed by atoms with E-state index in [9.17, 15) is 0 Å². The minimum atomic E-state index is 0.392. The predicted octanol–water partition coefficient (Wildman–Crippen LogP) is -1.53. The van der Waals surface area contributed by atoms with E-state index in [0.29, 0.717) is 17.1 Å². The molecule has 0 aromatic heterocycles. The molecular weight excluding hydrogens is 144 g/mol. The first kappa shape index (κ1) is 4.89. The number of hydrogen-bond donors (Lipinski definition) is 1. The number of rotatable bonds is 0. The van der Waals surface area contributed by atoms with Gasteiger partial charge in [0.05, 0.1) is 6.20 Å². The molecule has 0 amide bonds. The van der Waals surface area contributed by atoms with Gasteiger partial charge in [-0.05, 0) is 0 Å². The zero-order chi connectivity index (χ0) is 7.26. The normalized spacial score (nSPS) is 13.1. The summed E-state index contributed by atoms with van der Waals surface area (Å²) in [6.45, 7) is 0. The summed E-state index contributed by atoms with van der Waals surface area (Å²) in [5, 5.41) is 7.46. The molecular formula is C5H2N6. The first-order valence-corrected chi connectivity index (χ1v) is 3.06. The van der Waals surface area contributed by atoms with Gasteiger partial charge >= 0.3 is 0 Å². The van der Waals surface area contributed by atoms with Gasteiger partial charge in [0.1, 0.15) is 5.69 Å². The Morgan fingerprint density at radius 1 is 1.18 bits per heavy atom. The van der Waals surface area contributed by atoms with Crippen LogP contribution in [0.3, 0.4) is 0 Å². The molecule has 0 unspecified atom stereocenters. The standard InChI is InChI=1S/C5H2N6/c1-2-3-8-4(6-1)10-11-5(7-2)9-3/h1H,(H,6,7,8,9,10,11). The van der Waals surface area contributed by atoms with E-state index >= 15 is 0 Å². The molecule has 3 heterocycles. The van der Waals surface area contributed by atoms with Crippen molar-refractivity contribution in [1.29, 1.82) is 0 Å². The number of fused-ring (bicyclic) bond motifs is 2. The third kappa shape index (κ3) is 0.529. The average molecular weight is 146 g/mol. The van der Waals surface area contributed by atoms with Crippen LogP contribution in [-0.2, 0) is 0 Å². The highest BCUT2D eigenvalue weighted by atomic mass is 15.3. The molecule has 3 rings (SSSR count).